The number of fused-ring (bicyclic) bond motifs is 2. The highest BCUT2D eigenvalue weighted by molar-refractivity contribution is 8.13. The van der Waals surface area contributed by atoms with E-state index in [1.54, 1.807) is 19.1 Å². The van der Waals surface area contributed by atoms with Crippen LogP contribution in [0, 0.1) is 0 Å². The fourth-order valence-electron chi connectivity index (χ4n) is 3.54. The number of amides is 3. The van der Waals surface area contributed by atoms with E-state index in [2.05, 4.69) is 27.9 Å². The normalized spacial score (nSPS) is 20.4. The summed E-state index contributed by atoms with van der Waals surface area (Å²) in [6.07, 6.45) is 10.5. The summed E-state index contributed by atoms with van der Waals surface area (Å²) < 4.78 is 5.52. The van der Waals surface area contributed by atoms with Crippen molar-refractivity contribution in [2.45, 2.75) is 90.8 Å². The maximum Gasteiger partial charge on any atom is 0.328 e. The second-order valence-corrected chi connectivity index (χ2v) is 11.1. The Morgan fingerprint density at radius 2 is 1.95 bits per heavy atom. The summed E-state index contributed by atoms with van der Waals surface area (Å²) >= 11 is 2.48. The number of cyclic esters (lactones) is 1. The third kappa shape index (κ3) is 12.2. The zero-order chi connectivity index (χ0) is 28.6. The minimum Gasteiger partial charge on any atom is -0.456 e. The number of carbonyl (C=O) groups is 5. The Morgan fingerprint density at radius 3 is 2.69 bits per heavy atom. The largest absolute Gasteiger partial charge is 0.456 e. The van der Waals surface area contributed by atoms with Crippen molar-refractivity contribution in [3.05, 3.63) is 40.0 Å². The number of aromatic nitrogens is 1. The molecule has 39 heavy (non-hydrogen) atoms. The van der Waals surface area contributed by atoms with Crippen molar-refractivity contribution in [2.75, 3.05) is 5.75 Å². The smallest absolute Gasteiger partial charge is 0.328 e. The summed E-state index contributed by atoms with van der Waals surface area (Å²) in [7, 11) is 0. The lowest BCUT2D eigenvalue weighted by Crippen LogP contribution is -2.44. The summed E-state index contributed by atoms with van der Waals surface area (Å²) in [4.78, 5) is 66.6. The molecule has 0 aliphatic carbocycles. The number of allylic oxidation sites excluding steroid dienone is 2. The standard InChI is InChI=1S/C27H38N4O6S2/c1-4-6-7-8-9-13-24(33)38-14-11-10-12-19-15-22(32)28-16-23-30-21(17-39-23)26(35)31-20(5-2)25(34)29-18(3)27(36)37-19/h5,10,12,17-19H,4,6-9,11,13-16H2,1-3H3,(H,28,32)(H,29,34)(H,31,35)/t18-,19+/m0/s1. The van der Waals surface area contributed by atoms with Crippen LogP contribution in [0.1, 0.15) is 87.6 Å². The molecule has 0 spiro atoms. The molecular formula is C27H38N4O6S2. The second kappa shape index (κ2) is 17.6. The van der Waals surface area contributed by atoms with E-state index in [1.165, 1.54) is 54.3 Å². The zero-order valence-electron chi connectivity index (χ0n) is 22.7. The van der Waals surface area contributed by atoms with Crippen LogP contribution >= 0.6 is 23.1 Å². The first kappa shape index (κ1) is 32.2. The molecule has 0 fully saturated rings. The summed E-state index contributed by atoms with van der Waals surface area (Å²) in [5.74, 6) is -1.74. The molecule has 0 saturated carbocycles. The Kier molecular flexibility index (Phi) is 14.5. The van der Waals surface area contributed by atoms with Gasteiger partial charge in [0.05, 0.1) is 13.0 Å². The van der Waals surface area contributed by atoms with Crippen LogP contribution in [0.4, 0.5) is 0 Å². The highest BCUT2D eigenvalue weighted by Gasteiger charge is 2.25. The van der Waals surface area contributed by atoms with E-state index in [4.69, 9.17) is 4.74 Å². The van der Waals surface area contributed by atoms with Crippen LogP contribution in [-0.4, -0.2) is 51.7 Å². The molecule has 0 radical (unpaired) electrons. The Balaban J connectivity index is 2.00. The van der Waals surface area contributed by atoms with Crippen molar-refractivity contribution in [3.8, 4) is 0 Å². The first-order valence-electron chi connectivity index (χ1n) is 13.3. The van der Waals surface area contributed by atoms with Crippen LogP contribution in [0.15, 0.2) is 29.3 Å². The SMILES string of the molecule is CC=C1NC(=O)c2csc(n2)CNC(=O)C[C@@H](C=CCCSC(=O)CCCCCCC)OC(=O)[C@H](C)NC1=O. The van der Waals surface area contributed by atoms with Gasteiger partial charge in [-0.2, -0.15) is 0 Å². The van der Waals surface area contributed by atoms with Crippen molar-refractivity contribution >= 4 is 51.9 Å². The number of rotatable bonds is 10. The number of ether oxygens (including phenoxy) is 1. The van der Waals surface area contributed by atoms with Gasteiger partial charge < -0.3 is 20.7 Å². The van der Waals surface area contributed by atoms with E-state index >= 15 is 0 Å². The van der Waals surface area contributed by atoms with Crippen molar-refractivity contribution in [2.24, 2.45) is 0 Å². The molecule has 1 aromatic heterocycles. The fraction of sp³-hybridized carbons (Fsp3) is 0.556. The van der Waals surface area contributed by atoms with Gasteiger partial charge in [0.15, 0.2) is 5.12 Å². The lowest BCUT2D eigenvalue weighted by molar-refractivity contribution is -0.151. The van der Waals surface area contributed by atoms with Crippen LogP contribution in [0.5, 0.6) is 0 Å². The molecule has 0 unspecified atom stereocenters. The number of hydrogen-bond donors (Lipinski definition) is 3. The van der Waals surface area contributed by atoms with Gasteiger partial charge >= 0.3 is 5.97 Å². The predicted octanol–water partition coefficient (Wildman–Crippen LogP) is 3.78. The Bertz CT molecular complexity index is 1070. The van der Waals surface area contributed by atoms with Gasteiger partial charge in [0.25, 0.3) is 11.8 Å². The van der Waals surface area contributed by atoms with Gasteiger partial charge in [-0.25, -0.2) is 9.78 Å². The molecule has 2 atom stereocenters. The number of hydrogen-bond acceptors (Lipinski definition) is 9. The average Bonchev–Trinajstić information content (AvgIpc) is 3.38. The molecule has 214 valence electrons. The lowest BCUT2D eigenvalue weighted by atomic mass is 10.1. The summed E-state index contributed by atoms with van der Waals surface area (Å²) in [5, 5.41) is 9.94. The Labute approximate surface area is 237 Å². The number of esters is 1. The molecule has 0 aromatic carbocycles. The maximum absolute atomic E-state index is 12.7. The van der Waals surface area contributed by atoms with Gasteiger partial charge in [-0.1, -0.05) is 56.5 Å². The van der Waals surface area contributed by atoms with Gasteiger partial charge in [0.1, 0.15) is 28.5 Å². The fourth-order valence-corrected chi connectivity index (χ4v) is 5.02. The highest BCUT2D eigenvalue weighted by atomic mass is 32.2. The molecule has 3 N–H and O–H groups in total. The first-order valence-corrected chi connectivity index (χ1v) is 15.1. The zero-order valence-corrected chi connectivity index (χ0v) is 24.4. The van der Waals surface area contributed by atoms with Gasteiger partial charge in [-0.3, -0.25) is 19.2 Å². The van der Waals surface area contributed by atoms with Crippen LogP contribution in [0.3, 0.4) is 0 Å². The number of thioether (sulfide) groups is 1. The first-order chi connectivity index (χ1) is 18.7. The van der Waals surface area contributed by atoms with Crippen molar-refractivity contribution in [3.63, 3.8) is 0 Å². The Morgan fingerprint density at radius 1 is 1.18 bits per heavy atom. The summed E-state index contributed by atoms with van der Waals surface area (Å²) in [6, 6.07) is -1.03. The second-order valence-electron chi connectivity index (χ2n) is 9.04. The minimum absolute atomic E-state index is 0.0287. The van der Waals surface area contributed by atoms with E-state index < -0.39 is 29.9 Å². The van der Waals surface area contributed by atoms with Gasteiger partial charge in [-0.15, -0.1) is 11.3 Å². The molecule has 1 aromatic rings. The maximum atomic E-state index is 12.7. The number of nitrogens with zero attached hydrogens (tertiary/aromatic N) is 1. The monoisotopic (exact) mass is 578 g/mol. The average molecular weight is 579 g/mol. The molecule has 2 bridgehead atoms. The predicted molar refractivity (Wildman–Crippen MR) is 152 cm³/mol. The molecule has 10 nitrogen and oxygen atoms in total. The van der Waals surface area contributed by atoms with E-state index in [1.807, 2.05) is 0 Å². The third-order valence-corrected chi connectivity index (χ3v) is 7.56. The molecule has 1 aliphatic rings. The van der Waals surface area contributed by atoms with Crippen molar-refractivity contribution < 1.29 is 28.7 Å². The minimum atomic E-state index is -1.03. The van der Waals surface area contributed by atoms with Crippen LogP contribution in [0.2, 0.25) is 0 Å². The van der Waals surface area contributed by atoms with E-state index in [9.17, 15) is 24.0 Å². The van der Waals surface area contributed by atoms with Crippen LogP contribution in [-0.2, 0) is 30.5 Å². The van der Waals surface area contributed by atoms with E-state index in [0.29, 0.717) is 23.6 Å². The highest BCUT2D eigenvalue weighted by Crippen LogP contribution is 2.14. The molecule has 12 heteroatoms. The number of nitrogens with one attached hydrogen (secondary N) is 3. The number of carbonyl (C=O) groups excluding carboxylic acids is 5. The lowest BCUT2D eigenvalue weighted by Gasteiger charge is -2.19. The number of unbranched alkanes of at least 4 members (excludes halogenated alkanes) is 4. The van der Waals surface area contributed by atoms with Crippen molar-refractivity contribution in [1.29, 1.82) is 0 Å². The van der Waals surface area contributed by atoms with Crippen LogP contribution < -0.4 is 16.0 Å². The van der Waals surface area contributed by atoms with Crippen molar-refractivity contribution in [1.82, 2.24) is 20.9 Å². The third-order valence-electron chi connectivity index (χ3n) is 5.74. The molecule has 1 aliphatic heterocycles. The topological polar surface area (TPSA) is 144 Å². The van der Waals surface area contributed by atoms with E-state index in [-0.39, 0.29) is 35.4 Å². The molecular weight excluding hydrogens is 540 g/mol. The number of thiazole rings is 1. The van der Waals surface area contributed by atoms with Gasteiger partial charge in [0, 0.05) is 17.6 Å². The van der Waals surface area contributed by atoms with E-state index in [0.717, 1.165) is 19.3 Å². The van der Waals surface area contributed by atoms with Gasteiger partial charge in [0.2, 0.25) is 5.91 Å². The quantitative estimate of drug-likeness (QED) is 0.165. The molecule has 3 amide bonds. The summed E-state index contributed by atoms with van der Waals surface area (Å²) in [5.41, 5.74) is 0.0867. The molecule has 2 rings (SSSR count). The summed E-state index contributed by atoms with van der Waals surface area (Å²) in [6.45, 7) is 5.30. The van der Waals surface area contributed by atoms with Gasteiger partial charge in [-0.05, 0) is 32.8 Å². The molecule has 2 heterocycles. The Hall–Kier alpha value is -2.99. The molecule has 0 saturated heterocycles. The van der Waals surface area contributed by atoms with Crippen LogP contribution in [0.25, 0.3) is 0 Å².